The highest BCUT2D eigenvalue weighted by Crippen LogP contribution is 2.48. The van der Waals surface area contributed by atoms with E-state index in [1.54, 1.807) is 17.9 Å². The van der Waals surface area contributed by atoms with E-state index in [1.807, 2.05) is 47.9 Å². The van der Waals surface area contributed by atoms with Crippen molar-refractivity contribution in [2.24, 2.45) is 13.0 Å². The van der Waals surface area contributed by atoms with Crippen molar-refractivity contribution < 1.29 is 21.9 Å². The minimum absolute atomic E-state index is 0.0216. The van der Waals surface area contributed by atoms with Crippen LogP contribution in [-0.2, 0) is 16.9 Å². The molecular formula is C29H30F2N6O3S. The third-order valence-corrected chi connectivity index (χ3v) is 9.17. The van der Waals surface area contributed by atoms with Crippen LogP contribution in [-0.4, -0.2) is 57.2 Å². The van der Waals surface area contributed by atoms with Crippen LogP contribution < -0.4 is 4.74 Å². The molecule has 0 bridgehead atoms. The Morgan fingerprint density at radius 3 is 2.41 bits per heavy atom. The first-order valence-electron chi connectivity index (χ1n) is 13.4. The number of pyridine rings is 2. The average molecular weight is 581 g/mol. The molecule has 0 amide bonds. The number of rotatable bonds is 6. The Balaban J connectivity index is 1.76. The van der Waals surface area contributed by atoms with Crippen LogP contribution in [0.4, 0.5) is 8.78 Å². The number of methoxy groups -OCH3 is 1. The van der Waals surface area contributed by atoms with Gasteiger partial charge < -0.3 is 9.30 Å². The predicted octanol–water partition coefficient (Wildman–Crippen LogP) is 5.52. The maximum Gasteiger partial charge on any atom is 0.248 e. The van der Waals surface area contributed by atoms with Gasteiger partial charge >= 0.3 is 0 Å². The summed E-state index contributed by atoms with van der Waals surface area (Å²) < 4.78 is 64.4. The third kappa shape index (κ3) is 4.63. The lowest BCUT2D eigenvalue weighted by Crippen LogP contribution is -2.30. The number of halogens is 2. The number of benzene rings is 1. The summed E-state index contributed by atoms with van der Waals surface area (Å²) in [5.74, 6) is -2.68. The highest BCUT2D eigenvalue weighted by molar-refractivity contribution is 7.91. The van der Waals surface area contributed by atoms with Gasteiger partial charge in [0.25, 0.3) is 0 Å². The van der Waals surface area contributed by atoms with Gasteiger partial charge in [-0.1, -0.05) is 35.5 Å². The summed E-state index contributed by atoms with van der Waals surface area (Å²) in [6.45, 7) is 1.85. The average Bonchev–Trinajstić information content (AvgIpc) is 3.45. The van der Waals surface area contributed by atoms with E-state index in [1.165, 1.54) is 13.3 Å². The van der Waals surface area contributed by atoms with Crippen molar-refractivity contribution in [1.29, 1.82) is 0 Å². The molecule has 0 spiro atoms. The molecule has 1 fully saturated rings. The third-order valence-electron chi connectivity index (χ3n) is 8.08. The first-order valence-corrected chi connectivity index (χ1v) is 15.3. The molecule has 41 heavy (non-hydrogen) atoms. The van der Waals surface area contributed by atoms with E-state index in [0.717, 1.165) is 23.1 Å². The Morgan fingerprint density at radius 2 is 1.80 bits per heavy atom. The molecule has 0 saturated heterocycles. The number of aromatic nitrogens is 6. The summed E-state index contributed by atoms with van der Waals surface area (Å²) in [6, 6.07) is 11.1. The second-order valence-corrected chi connectivity index (χ2v) is 12.8. The Labute approximate surface area is 236 Å². The number of sulfone groups is 1. The summed E-state index contributed by atoms with van der Waals surface area (Å²) in [5, 5.41) is 8.77. The maximum absolute atomic E-state index is 14.4. The first kappa shape index (κ1) is 27.3. The summed E-state index contributed by atoms with van der Waals surface area (Å²) in [5.41, 5.74) is 4.64. The van der Waals surface area contributed by atoms with Gasteiger partial charge in [0.05, 0.1) is 47.2 Å². The second kappa shape index (κ2) is 9.86. The molecule has 12 heteroatoms. The van der Waals surface area contributed by atoms with Crippen molar-refractivity contribution in [2.75, 3.05) is 13.4 Å². The molecule has 4 heterocycles. The van der Waals surface area contributed by atoms with Crippen molar-refractivity contribution in [1.82, 2.24) is 29.5 Å². The molecule has 1 aliphatic carbocycles. The van der Waals surface area contributed by atoms with Gasteiger partial charge in [-0.05, 0) is 37.3 Å². The lowest BCUT2D eigenvalue weighted by atomic mass is 9.79. The van der Waals surface area contributed by atoms with E-state index in [2.05, 4.69) is 15.3 Å². The van der Waals surface area contributed by atoms with E-state index in [4.69, 9.17) is 9.72 Å². The van der Waals surface area contributed by atoms with Gasteiger partial charge in [0.1, 0.15) is 10.4 Å². The summed E-state index contributed by atoms with van der Waals surface area (Å²) in [4.78, 5) is 9.18. The summed E-state index contributed by atoms with van der Waals surface area (Å²) in [6.07, 6.45) is 4.24. The van der Waals surface area contributed by atoms with E-state index in [9.17, 15) is 17.2 Å². The van der Waals surface area contributed by atoms with Gasteiger partial charge in [-0.15, -0.1) is 5.10 Å². The van der Waals surface area contributed by atoms with Crippen molar-refractivity contribution >= 4 is 31.8 Å². The van der Waals surface area contributed by atoms with Crippen LogP contribution in [0, 0.1) is 12.8 Å². The molecule has 6 rings (SSSR count). The van der Waals surface area contributed by atoms with Crippen LogP contribution in [0.3, 0.4) is 0 Å². The number of fused-ring (bicyclic) bond motifs is 3. The van der Waals surface area contributed by atoms with Gasteiger partial charge in [-0.2, -0.15) is 0 Å². The van der Waals surface area contributed by atoms with Crippen LogP contribution in [0.2, 0.25) is 0 Å². The van der Waals surface area contributed by atoms with Crippen molar-refractivity contribution in [2.45, 2.75) is 49.5 Å². The Bertz CT molecular complexity index is 1860. The molecule has 214 valence electrons. The van der Waals surface area contributed by atoms with Crippen molar-refractivity contribution in [3.05, 3.63) is 60.0 Å². The molecule has 0 aliphatic heterocycles. The Kier molecular flexibility index (Phi) is 6.55. The topological polar surface area (TPSA) is 105 Å². The zero-order chi connectivity index (χ0) is 29.1. The van der Waals surface area contributed by atoms with Gasteiger partial charge in [0.15, 0.2) is 9.84 Å². The number of nitrogens with zero attached hydrogens (tertiary/aromatic N) is 6. The first-order chi connectivity index (χ1) is 19.5. The minimum atomic E-state index is -3.77. The maximum atomic E-state index is 14.4. The molecule has 0 radical (unpaired) electrons. The number of aryl methyl sites for hydroxylation is 2. The van der Waals surface area contributed by atoms with Crippen LogP contribution >= 0.6 is 0 Å². The van der Waals surface area contributed by atoms with Gasteiger partial charge in [-0.25, -0.2) is 26.9 Å². The molecule has 0 unspecified atom stereocenters. The monoisotopic (exact) mass is 580 g/mol. The van der Waals surface area contributed by atoms with E-state index < -0.39 is 21.8 Å². The summed E-state index contributed by atoms with van der Waals surface area (Å²) in [7, 11) is -0.502. The number of alkyl halides is 2. The molecule has 1 aliphatic rings. The predicted molar refractivity (Wildman–Crippen MR) is 151 cm³/mol. The molecule has 1 saturated carbocycles. The standard InChI is InChI=1S/C29H30F2N6O3S/c1-17-25(36(2)35-34-17)20-14-21-24(32-15-20)23-27(22(41(4,38)39)16-33-28(23)40-3)37(21)26(18-8-6-5-7-9-18)19-10-12-29(30,31)13-11-19/h5-9,14-16,19,26H,10-13H2,1-4H3/t26-/m1/s1. The largest absolute Gasteiger partial charge is 0.480 e. The van der Waals surface area contributed by atoms with Crippen LogP contribution in [0.25, 0.3) is 33.2 Å². The lowest BCUT2D eigenvalue weighted by Gasteiger charge is -2.36. The van der Waals surface area contributed by atoms with Crippen molar-refractivity contribution in [3.63, 3.8) is 0 Å². The van der Waals surface area contributed by atoms with Crippen LogP contribution in [0.15, 0.2) is 53.7 Å². The number of ether oxygens (including phenoxy) is 1. The zero-order valence-corrected chi connectivity index (χ0v) is 24.0. The lowest BCUT2D eigenvalue weighted by molar-refractivity contribution is -0.0493. The highest BCUT2D eigenvalue weighted by Gasteiger charge is 2.40. The molecule has 1 atom stereocenters. The number of hydrogen-bond acceptors (Lipinski definition) is 7. The Hall–Kier alpha value is -3.93. The Morgan fingerprint density at radius 1 is 1.10 bits per heavy atom. The normalized spacial score (nSPS) is 16.8. The van der Waals surface area contributed by atoms with Gasteiger partial charge in [0.2, 0.25) is 11.8 Å². The molecule has 4 aromatic heterocycles. The molecule has 0 N–H and O–H groups in total. The minimum Gasteiger partial charge on any atom is -0.480 e. The number of hydrogen-bond donors (Lipinski definition) is 0. The van der Waals surface area contributed by atoms with Gasteiger partial charge in [0, 0.05) is 37.9 Å². The van der Waals surface area contributed by atoms with Gasteiger partial charge in [-0.3, -0.25) is 4.98 Å². The van der Waals surface area contributed by atoms with Crippen LogP contribution in [0.1, 0.15) is 43.0 Å². The van der Waals surface area contributed by atoms with Crippen LogP contribution in [0.5, 0.6) is 5.88 Å². The smallest absolute Gasteiger partial charge is 0.248 e. The zero-order valence-electron chi connectivity index (χ0n) is 23.2. The second-order valence-electron chi connectivity index (χ2n) is 10.8. The quantitative estimate of drug-likeness (QED) is 0.261. The fourth-order valence-electron chi connectivity index (χ4n) is 6.23. The molecule has 9 nitrogen and oxygen atoms in total. The SMILES string of the molecule is COc1ncc(S(C)(=O)=O)c2c1c1ncc(-c3c(C)nnn3C)cc1n2[C@H](c1ccccc1)C1CCC(F)(F)CC1. The fourth-order valence-corrected chi connectivity index (χ4v) is 7.03. The molecular weight excluding hydrogens is 550 g/mol. The molecule has 5 aromatic rings. The van der Waals surface area contributed by atoms with E-state index in [-0.39, 0.29) is 42.4 Å². The van der Waals surface area contributed by atoms with Crippen molar-refractivity contribution in [3.8, 4) is 17.1 Å². The summed E-state index contributed by atoms with van der Waals surface area (Å²) >= 11 is 0. The fraction of sp³-hybridized carbons (Fsp3) is 0.379. The molecule has 1 aromatic carbocycles. The highest BCUT2D eigenvalue weighted by atomic mass is 32.2. The van der Waals surface area contributed by atoms with E-state index >= 15 is 0 Å². The van der Waals surface area contributed by atoms with E-state index in [0.29, 0.717) is 27.6 Å².